The van der Waals surface area contributed by atoms with Crippen molar-refractivity contribution in [2.45, 2.75) is 62.7 Å². The molecular formula is C55H46N2. The van der Waals surface area contributed by atoms with Crippen LogP contribution in [-0.4, -0.2) is 9.97 Å². The minimum absolute atomic E-state index is 0.0693. The molecule has 7 aromatic rings. The molecule has 1 saturated carbocycles. The number of aromatic nitrogens is 2. The molecule has 2 unspecified atom stereocenters. The second-order valence-electron chi connectivity index (χ2n) is 17.3. The first-order valence-corrected chi connectivity index (χ1v) is 20.9. The predicted molar refractivity (Wildman–Crippen MR) is 236 cm³/mol. The van der Waals surface area contributed by atoms with Crippen molar-refractivity contribution in [1.29, 1.82) is 0 Å². The van der Waals surface area contributed by atoms with Crippen LogP contribution in [0.3, 0.4) is 0 Å². The lowest BCUT2D eigenvalue weighted by Crippen LogP contribution is -2.35. The van der Waals surface area contributed by atoms with Gasteiger partial charge in [0.1, 0.15) is 0 Å². The van der Waals surface area contributed by atoms with Gasteiger partial charge in [0.05, 0.1) is 11.4 Å². The van der Waals surface area contributed by atoms with Crippen LogP contribution in [0.1, 0.15) is 74.1 Å². The van der Waals surface area contributed by atoms with E-state index in [1.54, 1.807) is 11.1 Å². The molecule has 0 radical (unpaired) electrons. The van der Waals surface area contributed by atoms with Gasteiger partial charge in [0.25, 0.3) is 0 Å². The Morgan fingerprint density at radius 1 is 0.474 bits per heavy atom. The summed E-state index contributed by atoms with van der Waals surface area (Å²) in [4.78, 5) is 10.1. The third-order valence-electron chi connectivity index (χ3n) is 13.8. The van der Waals surface area contributed by atoms with Gasteiger partial charge >= 0.3 is 0 Å². The van der Waals surface area contributed by atoms with Crippen LogP contribution in [0.15, 0.2) is 175 Å². The fourth-order valence-corrected chi connectivity index (χ4v) is 10.9. The van der Waals surface area contributed by atoms with Gasteiger partial charge in [-0.1, -0.05) is 179 Å². The first-order valence-electron chi connectivity index (χ1n) is 20.9. The molecule has 2 atom stereocenters. The Morgan fingerprint density at radius 3 is 1.77 bits per heavy atom. The van der Waals surface area contributed by atoms with E-state index in [0.717, 1.165) is 33.9 Å². The maximum atomic E-state index is 5.11. The number of rotatable bonds is 5. The average molecular weight is 735 g/mol. The van der Waals surface area contributed by atoms with Crippen molar-refractivity contribution in [3.63, 3.8) is 0 Å². The molecule has 1 fully saturated rings. The molecule has 1 spiro atoms. The van der Waals surface area contributed by atoms with Crippen molar-refractivity contribution in [2.75, 3.05) is 0 Å². The maximum absolute atomic E-state index is 5.11. The standard InChI is InChI=1S/C55H46N2/c1-54(2)48-32-41(26-27-44(48)45-34-50-46(33-49(45)54)43-24-10-11-25-47(43)55(50)28-12-5-13-29-55)39-21-14-20-38(30-39)40-22-15-23-42(31-40)52-35-51(36-16-6-3-7-17-36)56-53(57-52)37-18-8-4-9-19-37/h3-4,6-11,14-27,30-35,46,50H,5,12-13,28-29H2,1-2H3. The Morgan fingerprint density at radius 2 is 1.05 bits per heavy atom. The van der Waals surface area contributed by atoms with Gasteiger partial charge in [0, 0.05) is 33.4 Å². The van der Waals surface area contributed by atoms with Crippen LogP contribution in [0.4, 0.5) is 0 Å². The van der Waals surface area contributed by atoms with E-state index in [-0.39, 0.29) is 10.8 Å². The number of benzene rings is 6. The molecular weight excluding hydrogens is 689 g/mol. The Labute approximate surface area is 336 Å². The summed E-state index contributed by atoms with van der Waals surface area (Å²) < 4.78 is 0. The van der Waals surface area contributed by atoms with E-state index in [0.29, 0.717) is 11.8 Å². The summed E-state index contributed by atoms with van der Waals surface area (Å²) >= 11 is 0. The van der Waals surface area contributed by atoms with E-state index in [9.17, 15) is 0 Å². The fourth-order valence-electron chi connectivity index (χ4n) is 10.9. The topological polar surface area (TPSA) is 25.8 Å². The third-order valence-corrected chi connectivity index (χ3v) is 13.8. The summed E-state index contributed by atoms with van der Waals surface area (Å²) in [6, 6.07) is 57.3. The maximum Gasteiger partial charge on any atom is 0.160 e. The van der Waals surface area contributed by atoms with Gasteiger partial charge in [-0.05, 0) is 98.7 Å². The van der Waals surface area contributed by atoms with Crippen LogP contribution < -0.4 is 0 Å². The van der Waals surface area contributed by atoms with Gasteiger partial charge in [0.15, 0.2) is 5.82 Å². The van der Waals surface area contributed by atoms with Gasteiger partial charge in [-0.2, -0.15) is 0 Å². The molecule has 4 aliphatic carbocycles. The molecule has 0 aliphatic heterocycles. The summed E-state index contributed by atoms with van der Waals surface area (Å²) in [5, 5.41) is 0. The van der Waals surface area contributed by atoms with Crippen LogP contribution in [0.2, 0.25) is 0 Å². The summed E-state index contributed by atoms with van der Waals surface area (Å²) in [5.74, 6) is 1.74. The minimum atomic E-state index is -0.0693. The molecule has 1 heterocycles. The first-order chi connectivity index (χ1) is 28.0. The number of hydrogen-bond acceptors (Lipinski definition) is 2. The molecule has 0 amide bonds. The summed E-state index contributed by atoms with van der Waals surface area (Å²) in [6.45, 7) is 4.89. The zero-order valence-corrected chi connectivity index (χ0v) is 32.8. The van der Waals surface area contributed by atoms with Gasteiger partial charge in [-0.25, -0.2) is 9.97 Å². The van der Waals surface area contributed by atoms with E-state index < -0.39 is 0 Å². The summed E-state index contributed by atoms with van der Waals surface area (Å²) in [6.07, 6.45) is 12.1. The monoisotopic (exact) mass is 734 g/mol. The van der Waals surface area contributed by atoms with Crippen molar-refractivity contribution in [2.24, 2.45) is 5.92 Å². The number of hydrogen-bond donors (Lipinski definition) is 0. The minimum Gasteiger partial charge on any atom is -0.228 e. The molecule has 1 aromatic heterocycles. The van der Waals surface area contributed by atoms with E-state index in [1.807, 2.05) is 24.3 Å². The van der Waals surface area contributed by atoms with Gasteiger partial charge in [-0.3, -0.25) is 0 Å². The Hall–Kier alpha value is -6.12. The Bertz CT molecular complexity index is 2690. The highest BCUT2D eigenvalue weighted by molar-refractivity contribution is 5.93. The fraction of sp³-hybridized carbons (Fsp3) is 0.200. The molecule has 11 rings (SSSR count). The highest BCUT2D eigenvalue weighted by Crippen LogP contribution is 2.64. The molecule has 4 aliphatic rings. The van der Waals surface area contributed by atoms with Crippen molar-refractivity contribution in [3.05, 3.63) is 198 Å². The van der Waals surface area contributed by atoms with Crippen molar-refractivity contribution < 1.29 is 0 Å². The van der Waals surface area contributed by atoms with E-state index in [2.05, 4.69) is 159 Å². The highest BCUT2D eigenvalue weighted by atomic mass is 14.9. The third kappa shape index (κ3) is 5.52. The average Bonchev–Trinajstić information content (AvgIpc) is 3.66. The van der Waals surface area contributed by atoms with Crippen molar-refractivity contribution >= 4 is 5.57 Å². The second-order valence-corrected chi connectivity index (χ2v) is 17.3. The molecule has 0 N–H and O–H groups in total. The summed E-state index contributed by atoms with van der Waals surface area (Å²) in [7, 11) is 0. The molecule has 2 heteroatoms. The van der Waals surface area contributed by atoms with E-state index in [1.165, 1.54) is 76.6 Å². The van der Waals surface area contributed by atoms with Gasteiger partial charge in [0.2, 0.25) is 0 Å². The lowest BCUT2D eigenvalue weighted by atomic mass is 9.62. The number of allylic oxidation sites excluding steroid dienone is 4. The summed E-state index contributed by atoms with van der Waals surface area (Å²) in [5.41, 5.74) is 19.1. The van der Waals surface area contributed by atoms with Crippen LogP contribution in [0.25, 0.3) is 61.7 Å². The normalized spacial score (nSPS) is 19.5. The van der Waals surface area contributed by atoms with Crippen LogP contribution >= 0.6 is 0 Å². The van der Waals surface area contributed by atoms with Gasteiger partial charge < -0.3 is 0 Å². The highest BCUT2D eigenvalue weighted by Gasteiger charge is 2.53. The molecule has 0 bridgehead atoms. The van der Waals surface area contributed by atoms with E-state index >= 15 is 0 Å². The zero-order chi connectivity index (χ0) is 38.1. The Balaban J connectivity index is 0.948. The van der Waals surface area contributed by atoms with Gasteiger partial charge in [-0.15, -0.1) is 0 Å². The molecule has 57 heavy (non-hydrogen) atoms. The lowest BCUT2D eigenvalue weighted by Gasteiger charge is -2.41. The molecule has 0 saturated heterocycles. The lowest BCUT2D eigenvalue weighted by molar-refractivity contribution is 0.233. The molecule has 6 aromatic carbocycles. The zero-order valence-electron chi connectivity index (χ0n) is 32.8. The number of fused-ring (bicyclic) bond motifs is 8. The van der Waals surface area contributed by atoms with Crippen molar-refractivity contribution in [3.8, 4) is 56.2 Å². The van der Waals surface area contributed by atoms with Crippen molar-refractivity contribution in [1.82, 2.24) is 9.97 Å². The molecule has 276 valence electrons. The quantitative estimate of drug-likeness (QED) is 0.176. The second kappa shape index (κ2) is 13.2. The largest absolute Gasteiger partial charge is 0.228 e. The SMILES string of the molecule is CC1(C)C2=CC3c4ccccc4C4(CCCCC4)C3C=C2c2ccc(-c3cccc(-c4cccc(-c5cc(-c6ccccc6)nc(-c6ccccc6)n5)c4)c3)cc21. The number of nitrogens with zero attached hydrogens (tertiary/aromatic N) is 2. The van der Waals surface area contributed by atoms with E-state index in [4.69, 9.17) is 9.97 Å². The van der Waals surface area contributed by atoms with Crippen LogP contribution in [0.5, 0.6) is 0 Å². The van der Waals surface area contributed by atoms with Crippen LogP contribution in [0, 0.1) is 5.92 Å². The van der Waals surface area contributed by atoms with Crippen LogP contribution in [-0.2, 0) is 10.8 Å². The first kappa shape index (κ1) is 34.2. The Kier molecular flexibility index (Phi) is 7.93. The molecule has 2 nitrogen and oxygen atoms in total. The smallest absolute Gasteiger partial charge is 0.160 e. The predicted octanol–water partition coefficient (Wildman–Crippen LogP) is 14.0.